The van der Waals surface area contributed by atoms with Crippen LogP contribution in [0.3, 0.4) is 0 Å². The van der Waals surface area contributed by atoms with Gasteiger partial charge in [0.25, 0.3) is 0 Å². The molecule has 1 aromatic rings. The molecule has 0 spiro atoms. The van der Waals surface area contributed by atoms with Crippen molar-refractivity contribution in [1.82, 2.24) is 5.32 Å². The van der Waals surface area contributed by atoms with Gasteiger partial charge in [-0.2, -0.15) is 0 Å². The Labute approximate surface area is 126 Å². The number of amides is 1. The molecule has 0 saturated carbocycles. The zero-order chi connectivity index (χ0) is 14.7. The van der Waals surface area contributed by atoms with Crippen molar-refractivity contribution in [3.63, 3.8) is 0 Å². The average molecular weight is 285 g/mol. The van der Waals surface area contributed by atoms with Crippen molar-refractivity contribution in [3.8, 4) is 0 Å². The molecule has 1 heterocycles. The smallest absolute Gasteiger partial charge is 0.225 e. The lowest BCUT2D eigenvalue weighted by Gasteiger charge is -2.23. The highest BCUT2D eigenvalue weighted by Crippen LogP contribution is 2.32. The number of nitrogens with one attached hydrogen (secondary N) is 1. The highest BCUT2D eigenvalue weighted by molar-refractivity contribution is 5.79. The summed E-state index contributed by atoms with van der Waals surface area (Å²) in [6.45, 7) is 3.39. The molecule has 3 rings (SSSR count). The number of rotatable bonds is 3. The second kappa shape index (κ2) is 6.44. The van der Waals surface area contributed by atoms with Crippen LogP contribution in [0.2, 0.25) is 0 Å². The first-order valence-corrected chi connectivity index (χ1v) is 7.91. The first kappa shape index (κ1) is 14.3. The molecule has 1 aliphatic heterocycles. The molecule has 1 aromatic carbocycles. The highest BCUT2D eigenvalue weighted by Gasteiger charge is 2.28. The highest BCUT2D eigenvalue weighted by atomic mass is 16.5. The van der Waals surface area contributed by atoms with Gasteiger partial charge in [-0.3, -0.25) is 4.79 Å². The molecule has 3 nitrogen and oxygen atoms in total. The van der Waals surface area contributed by atoms with E-state index in [-0.39, 0.29) is 17.9 Å². The first-order chi connectivity index (χ1) is 10.3. The number of hydrogen-bond acceptors (Lipinski definition) is 2. The lowest BCUT2D eigenvalue weighted by Crippen LogP contribution is -2.37. The summed E-state index contributed by atoms with van der Waals surface area (Å²) in [6.07, 6.45) is 8.15. The number of carbonyl (C=O) groups excluding carboxylic acids is 1. The summed E-state index contributed by atoms with van der Waals surface area (Å²) in [7, 11) is 0. The molecule has 1 fully saturated rings. The number of allylic oxidation sites excluding steroid dienone is 1. The minimum Gasteiger partial charge on any atom is -0.381 e. The third kappa shape index (κ3) is 3.18. The normalized spacial score (nSPS) is 25.0. The van der Waals surface area contributed by atoms with Crippen LogP contribution in [-0.2, 0) is 16.0 Å². The summed E-state index contributed by atoms with van der Waals surface area (Å²) < 4.78 is 5.42. The molecule has 0 radical (unpaired) electrons. The van der Waals surface area contributed by atoms with Crippen LogP contribution in [0, 0.1) is 5.92 Å². The summed E-state index contributed by atoms with van der Waals surface area (Å²) in [5.41, 5.74) is 3.86. The zero-order valence-corrected chi connectivity index (χ0v) is 12.6. The minimum absolute atomic E-state index is 0.0292. The van der Waals surface area contributed by atoms with Gasteiger partial charge in [-0.1, -0.05) is 24.3 Å². The second-order valence-electron chi connectivity index (χ2n) is 5.97. The molecule has 1 N–H and O–H groups in total. The van der Waals surface area contributed by atoms with Gasteiger partial charge in [-0.05, 0) is 55.4 Å². The SMILES string of the molecule is C/C=C/c1ccc2c(c1)C(NC(=O)C1CCCOC1)CC2. The molecule has 1 amide bonds. The van der Waals surface area contributed by atoms with Crippen molar-refractivity contribution in [2.45, 2.75) is 38.6 Å². The maximum Gasteiger partial charge on any atom is 0.225 e. The second-order valence-corrected chi connectivity index (χ2v) is 5.97. The van der Waals surface area contributed by atoms with Crippen molar-refractivity contribution < 1.29 is 9.53 Å². The molecule has 21 heavy (non-hydrogen) atoms. The van der Waals surface area contributed by atoms with E-state index in [1.165, 1.54) is 16.7 Å². The summed E-state index contributed by atoms with van der Waals surface area (Å²) in [6, 6.07) is 6.73. The molecule has 3 heteroatoms. The molecule has 0 bridgehead atoms. The Morgan fingerprint density at radius 3 is 3.05 bits per heavy atom. The van der Waals surface area contributed by atoms with Gasteiger partial charge < -0.3 is 10.1 Å². The fraction of sp³-hybridized carbons (Fsp3) is 0.500. The van der Waals surface area contributed by atoms with Crippen LogP contribution in [-0.4, -0.2) is 19.1 Å². The van der Waals surface area contributed by atoms with Gasteiger partial charge >= 0.3 is 0 Å². The number of benzene rings is 1. The van der Waals surface area contributed by atoms with Crippen molar-refractivity contribution in [1.29, 1.82) is 0 Å². The number of hydrogen-bond donors (Lipinski definition) is 1. The zero-order valence-electron chi connectivity index (χ0n) is 12.6. The Morgan fingerprint density at radius 2 is 2.29 bits per heavy atom. The van der Waals surface area contributed by atoms with E-state index in [4.69, 9.17) is 4.74 Å². The van der Waals surface area contributed by atoms with E-state index in [0.29, 0.717) is 6.61 Å². The van der Waals surface area contributed by atoms with Crippen LogP contribution < -0.4 is 5.32 Å². The van der Waals surface area contributed by atoms with Crippen LogP contribution in [0.25, 0.3) is 6.08 Å². The lowest BCUT2D eigenvalue weighted by molar-refractivity contribution is -0.129. The van der Waals surface area contributed by atoms with Gasteiger partial charge in [0, 0.05) is 6.61 Å². The van der Waals surface area contributed by atoms with Crippen LogP contribution in [0.5, 0.6) is 0 Å². The quantitative estimate of drug-likeness (QED) is 0.926. The topological polar surface area (TPSA) is 38.3 Å². The largest absolute Gasteiger partial charge is 0.381 e. The van der Waals surface area contributed by atoms with Crippen LogP contribution in [0.15, 0.2) is 24.3 Å². The Balaban J connectivity index is 1.71. The van der Waals surface area contributed by atoms with Crippen molar-refractivity contribution in [2.75, 3.05) is 13.2 Å². The predicted octanol–water partition coefficient (Wildman–Crippen LogP) is 3.25. The van der Waals surface area contributed by atoms with Gasteiger partial charge in [0.05, 0.1) is 18.6 Å². The molecule has 1 saturated heterocycles. The predicted molar refractivity (Wildman–Crippen MR) is 83.9 cm³/mol. The van der Waals surface area contributed by atoms with Gasteiger partial charge in [0.2, 0.25) is 5.91 Å². The Bertz CT molecular complexity index is 544. The third-order valence-corrected chi connectivity index (χ3v) is 4.45. The molecule has 112 valence electrons. The van der Waals surface area contributed by atoms with Crippen molar-refractivity contribution in [3.05, 3.63) is 41.0 Å². The Kier molecular flexibility index (Phi) is 4.39. The standard InChI is InChI=1S/C18H23NO2/c1-2-4-13-6-7-14-8-9-17(16(14)11-13)19-18(20)15-5-3-10-21-12-15/h2,4,6-7,11,15,17H,3,5,8-10,12H2,1H3,(H,19,20)/b4-2+. The number of carbonyl (C=O) groups is 1. The minimum atomic E-state index is 0.0292. The lowest BCUT2D eigenvalue weighted by atomic mass is 9.99. The fourth-order valence-electron chi connectivity index (χ4n) is 3.30. The number of fused-ring (bicyclic) bond motifs is 1. The van der Waals surface area contributed by atoms with E-state index < -0.39 is 0 Å². The molecular formula is C18H23NO2. The first-order valence-electron chi connectivity index (χ1n) is 7.91. The molecule has 2 atom stereocenters. The van der Waals surface area contributed by atoms with E-state index in [1.54, 1.807) is 0 Å². The molecule has 2 aliphatic rings. The summed E-state index contributed by atoms with van der Waals surface area (Å²) in [5, 5.41) is 3.23. The number of ether oxygens (including phenoxy) is 1. The molecular weight excluding hydrogens is 262 g/mol. The summed E-state index contributed by atoms with van der Waals surface area (Å²) in [5.74, 6) is 0.186. The van der Waals surface area contributed by atoms with Gasteiger partial charge in [-0.25, -0.2) is 0 Å². The molecule has 1 aliphatic carbocycles. The Morgan fingerprint density at radius 1 is 1.38 bits per heavy atom. The number of aryl methyl sites for hydroxylation is 1. The van der Waals surface area contributed by atoms with E-state index in [9.17, 15) is 4.79 Å². The monoisotopic (exact) mass is 285 g/mol. The fourth-order valence-corrected chi connectivity index (χ4v) is 3.30. The van der Waals surface area contributed by atoms with E-state index in [2.05, 4.69) is 29.6 Å². The summed E-state index contributed by atoms with van der Waals surface area (Å²) >= 11 is 0. The van der Waals surface area contributed by atoms with Crippen LogP contribution in [0.1, 0.15) is 48.9 Å². The van der Waals surface area contributed by atoms with Crippen LogP contribution in [0.4, 0.5) is 0 Å². The maximum atomic E-state index is 12.4. The van der Waals surface area contributed by atoms with Gasteiger partial charge in [-0.15, -0.1) is 0 Å². The van der Waals surface area contributed by atoms with Crippen LogP contribution >= 0.6 is 0 Å². The van der Waals surface area contributed by atoms with Crippen molar-refractivity contribution >= 4 is 12.0 Å². The van der Waals surface area contributed by atoms with Gasteiger partial charge in [0.1, 0.15) is 0 Å². The van der Waals surface area contributed by atoms with Crippen molar-refractivity contribution in [2.24, 2.45) is 5.92 Å². The summed E-state index contributed by atoms with van der Waals surface area (Å²) in [4.78, 5) is 12.4. The van der Waals surface area contributed by atoms with Gasteiger partial charge in [0.15, 0.2) is 0 Å². The van der Waals surface area contributed by atoms with E-state index in [1.807, 2.05) is 13.0 Å². The molecule has 0 aromatic heterocycles. The maximum absolute atomic E-state index is 12.4. The third-order valence-electron chi connectivity index (χ3n) is 4.45. The average Bonchev–Trinajstić information content (AvgIpc) is 2.91. The van der Waals surface area contributed by atoms with E-state index >= 15 is 0 Å². The van der Waals surface area contributed by atoms with E-state index in [0.717, 1.165) is 32.3 Å². The molecule has 2 unspecified atom stereocenters. The Hall–Kier alpha value is -1.61.